The molecule has 0 saturated carbocycles. The topological polar surface area (TPSA) is 6.48 Å². The quantitative estimate of drug-likeness (QED) is 0.510. The van der Waals surface area contributed by atoms with Crippen molar-refractivity contribution in [2.24, 2.45) is 0 Å². The van der Waals surface area contributed by atoms with Crippen LogP contribution in [0.3, 0.4) is 0 Å². The number of aryl methyl sites for hydroxylation is 1. The van der Waals surface area contributed by atoms with Crippen LogP contribution in [0.15, 0.2) is 97.1 Å². The Morgan fingerprint density at radius 1 is 0.793 bits per heavy atom. The molecule has 2 nitrogen and oxygen atoms in total. The highest BCUT2D eigenvalue weighted by atomic mass is 15.5. The Labute approximate surface area is 174 Å². The van der Waals surface area contributed by atoms with Gasteiger partial charge in [-0.2, -0.15) is 0 Å². The van der Waals surface area contributed by atoms with Gasteiger partial charge in [0.25, 0.3) is 0 Å². The Morgan fingerprint density at radius 2 is 1.41 bits per heavy atom. The maximum atomic E-state index is 2.70. The van der Waals surface area contributed by atoms with Gasteiger partial charge in [-0.25, -0.2) is 0 Å². The summed E-state index contributed by atoms with van der Waals surface area (Å²) < 4.78 is 0. The van der Waals surface area contributed by atoms with Crippen molar-refractivity contribution in [3.8, 4) is 0 Å². The zero-order chi connectivity index (χ0) is 20.0. The number of nitrogens with zero attached hydrogens (tertiary/aromatic N) is 2. The van der Waals surface area contributed by atoms with E-state index in [4.69, 9.17) is 0 Å². The SMILES string of the molecule is Cc1ccccc1N1C(c2ccccc2)N2C(C=CC2(C)c2ccccc2)[C@@H]1C. The van der Waals surface area contributed by atoms with Gasteiger partial charge in [0.05, 0.1) is 11.6 Å². The molecule has 146 valence electrons. The zero-order valence-corrected chi connectivity index (χ0v) is 17.4. The second-order valence-corrected chi connectivity index (χ2v) is 8.49. The van der Waals surface area contributed by atoms with Gasteiger partial charge in [-0.05, 0) is 43.5 Å². The van der Waals surface area contributed by atoms with Crippen LogP contribution < -0.4 is 4.90 Å². The molecule has 1 saturated heterocycles. The Balaban J connectivity index is 1.70. The molecule has 0 N–H and O–H groups in total. The van der Waals surface area contributed by atoms with Crippen molar-refractivity contribution in [3.63, 3.8) is 0 Å². The molecule has 3 unspecified atom stereocenters. The molecule has 0 aliphatic carbocycles. The lowest BCUT2D eigenvalue weighted by molar-refractivity contribution is 0.119. The number of fused-ring (bicyclic) bond motifs is 1. The minimum atomic E-state index is -0.141. The van der Waals surface area contributed by atoms with Crippen molar-refractivity contribution in [1.82, 2.24) is 4.90 Å². The second kappa shape index (κ2) is 6.89. The summed E-state index contributed by atoms with van der Waals surface area (Å²) in [5.74, 6) is 0. The van der Waals surface area contributed by atoms with Crippen LogP contribution >= 0.6 is 0 Å². The van der Waals surface area contributed by atoms with E-state index in [1.54, 1.807) is 0 Å². The molecule has 3 aromatic carbocycles. The van der Waals surface area contributed by atoms with Gasteiger partial charge in [-0.3, -0.25) is 4.90 Å². The minimum absolute atomic E-state index is 0.141. The summed E-state index contributed by atoms with van der Waals surface area (Å²) in [6.45, 7) is 6.96. The van der Waals surface area contributed by atoms with E-state index < -0.39 is 0 Å². The van der Waals surface area contributed by atoms with Gasteiger partial charge in [0.2, 0.25) is 0 Å². The summed E-state index contributed by atoms with van der Waals surface area (Å²) in [4.78, 5) is 5.33. The molecule has 2 heteroatoms. The van der Waals surface area contributed by atoms with E-state index in [2.05, 4.69) is 128 Å². The van der Waals surface area contributed by atoms with Gasteiger partial charge in [0.1, 0.15) is 6.17 Å². The lowest BCUT2D eigenvalue weighted by Crippen LogP contribution is -2.44. The van der Waals surface area contributed by atoms with E-state index in [-0.39, 0.29) is 11.7 Å². The molecular weight excluding hydrogens is 352 g/mol. The van der Waals surface area contributed by atoms with E-state index >= 15 is 0 Å². The van der Waals surface area contributed by atoms with Crippen molar-refractivity contribution < 1.29 is 0 Å². The van der Waals surface area contributed by atoms with E-state index in [0.29, 0.717) is 12.1 Å². The maximum Gasteiger partial charge on any atom is 0.110 e. The summed E-state index contributed by atoms with van der Waals surface area (Å²) in [7, 11) is 0. The van der Waals surface area contributed by atoms with Crippen LogP contribution in [0.5, 0.6) is 0 Å². The lowest BCUT2D eigenvalue weighted by Gasteiger charge is -2.42. The molecule has 0 radical (unpaired) electrons. The molecule has 1 fully saturated rings. The largest absolute Gasteiger partial charge is 0.347 e. The van der Waals surface area contributed by atoms with Crippen molar-refractivity contribution >= 4 is 5.69 Å². The van der Waals surface area contributed by atoms with Crippen LogP contribution in [0.2, 0.25) is 0 Å². The van der Waals surface area contributed by atoms with Crippen LogP contribution in [0.25, 0.3) is 0 Å². The fourth-order valence-corrected chi connectivity index (χ4v) is 5.28. The molecule has 0 aromatic heterocycles. The highest BCUT2D eigenvalue weighted by Crippen LogP contribution is 2.52. The van der Waals surface area contributed by atoms with Crippen LogP contribution in [-0.2, 0) is 5.54 Å². The second-order valence-electron chi connectivity index (χ2n) is 8.49. The number of hydrogen-bond donors (Lipinski definition) is 0. The Morgan fingerprint density at radius 3 is 2.10 bits per heavy atom. The highest BCUT2D eigenvalue weighted by Gasteiger charge is 2.54. The number of para-hydroxylation sites is 1. The lowest BCUT2D eigenvalue weighted by atomic mass is 9.90. The third kappa shape index (κ3) is 2.74. The molecule has 2 aliphatic heterocycles. The predicted octanol–water partition coefficient (Wildman–Crippen LogP) is 6.06. The van der Waals surface area contributed by atoms with Gasteiger partial charge in [-0.15, -0.1) is 0 Å². The highest BCUT2D eigenvalue weighted by molar-refractivity contribution is 5.59. The Hall–Kier alpha value is -2.84. The van der Waals surface area contributed by atoms with E-state index in [9.17, 15) is 0 Å². The molecule has 0 amide bonds. The number of rotatable bonds is 3. The molecule has 2 aliphatic rings. The first kappa shape index (κ1) is 18.2. The smallest absolute Gasteiger partial charge is 0.110 e. The van der Waals surface area contributed by atoms with E-state index in [1.165, 1.54) is 22.4 Å². The fourth-order valence-electron chi connectivity index (χ4n) is 5.28. The monoisotopic (exact) mass is 380 g/mol. The summed E-state index contributed by atoms with van der Waals surface area (Å²) in [6, 6.07) is 31.4. The first-order valence-electron chi connectivity index (χ1n) is 10.5. The third-order valence-corrected chi connectivity index (χ3v) is 6.79. The molecule has 4 atom stereocenters. The number of anilines is 1. The molecule has 29 heavy (non-hydrogen) atoms. The normalized spacial score (nSPS) is 28.7. The summed E-state index contributed by atoms with van der Waals surface area (Å²) in [6.07, 6.45) is 5.01. The van der Waals surface area contributed by atoms with Crippen LogP contribution in [0.4, 0.5) is 5.69 Å². The zero-order valence-electron chi connectivity index (χ0n) is 17.4. The third-order valence-electron chi connectivity index (χ3n) is 6.79. The van der Waals surface area contributed by atoms with Crippen LogP contribution in [0, 0.1) is 6.92 Å². The maximum absolute atomic E-state index is 2.70. The first-order valence-corrected chi connectivity index (χ1v) is 10.5. The van der Waals surface area contributed by atoms with Crippen molar-refractivity contribution in [1.29, 1.82) is 0 Å². The molecule has 0 spiro atoms. The van der Waals surface area contributed by atoms with Gasteiger partial charge >= 0.3 is 0 Å². The van der Waals surface area contributed by atoms with Crippen molar-refractivity contribution in [3.05, 3.63) is 114 Å². The van der Waals surface area contributed by atoms with Crippen molar-refractivity contribution in [2.45, 2.75) is 44.6 Å². The molecule has 5 rings (SSSR count). The number of benzene rings is 3. The average molecular weight is 381 g/mol. The van der Waals surface area contributed by atoms with Crippen LogP contribution in [0.1, 0.15) is 36.7 Å². The van der Waals surface area contributed by atoms with Gasteiger partial charge in [0.15, 0.2) is 0 Å². The summed E-state index contributed by atoms with van der Waals surface area (Å²) in [5, 5.41) is 0. The average Bonchev–Trinajstić information content (AvgIpc) is 3.26. The van der Waals surface area contributed by atoms with Gasteiger partial charge in [-0.1, -0.05) is 91.0 Å². The standard InChI is InChI=1S/C27H28N2/c1-20-12-10-11-17-24(20)28-21(2)25-18-19-27(3,23-15-8-5-9-16-23)29(25)26(28)22-13-6-4-7-14-22/h4-19,21,25-26H,1-3H3/t21-,25?,26?,27?/m0/s1. The summed E-state index contributed by atoms with van der Waals surface area (Å²) in [5.41, 5.74) is 5.20. The first-order chi connectivity index (χ1) is 14.1. The minimum Gasteiger partial charge on any atom is -0.347 e. The fraction of sp³-hybridized carbons (Fsp3) is 0.259. The molecule has 0 bridgehead atoms. The van der Waals surface area contributed by atoms with Gasteiger partial charge in [0, 0.05) is 11.7 Å². The Kier molecular flexibility index (Phi) is 4.33. The van der Waals surface area contributed by atoms with Gasteiger partial charge < -0.3 is 4.90 Å². The van der Waals surface area contributed by atoms with E-state index in [1.807, 2.05) is 0 Å². The number of hydrogen-bond acceptors (Lipinski definition) is 2. The summed E-state index contributed by atoms with van der Waals surface area (Å²) >= 11 is 0. The van der Waals surface area contributed by atoms with Crippen LogP contribution in [-0.4, -0.2) is 17.0 Å². The molecule has 2 heterocycles. The molecule has 3 aromatic rings. The van der Waals surface area contributed by atoms with E-state index in [0.717, 1.165) is 0 Å². The van der Waals surface area contributed by atoms with Crippen molar-refractivity contribution in [2.75, 3.05) is 4.90 Å². The Bertz CT molecular complexity index is 1030. The molecular formula is C27H28N2. The predicted molar refractivity (Wildman–Crippen MR) is 121 cm³/mol.